The lowest BCUT2D eigenvalue weighted by Crippen LogP contribution is -2.65. The number of nitrogens with one attached hydrogen (secondary N) is 14. The number of rotatable bonds is 17. The molecule has 0 spiro atoms. The van der Waals surface area contributed by atoms with Crippen molar-refractivity contribution in [2.45, 2.75) is 213 Å². The Morgan fingerprint density at radius 1 is 0.526 bits per heavy atom. The Morgan fingerprint density at radius 3 is 1.70 bits per heavy atom. The van der Waals surface area contributed by atoms with E-state index >= 15 is 38.4 Å². The van der Waals surface area contributed by atoms with Gasteiger partial charge < -0.3 is 130 Å². The number of carboxylic acid groups (broad SMARTS) is 1. The van der Waals surface area contributed by atoms with Gasteiger partial charge in [-0.15, -0.1) is 11.8 Å². The van der Waals surface area contributed by atoms with Crippen LogP contribution in [0, 0.1) is 0 Å². The number of thioether (sulfide) groups is 1. The smallest absolute Gasteiger partial charge is 0.305 e. The van der Waals surface area contributed by atoms with Crippen molar-refractivity contribution < 1.29 is 107 Å². The molecule has 4 saturated heterocycles. The third-order valence-electron chi connectivity index (χ3n) is 24.6. The van der Waals surface area contributed by atoms with E-state index in [0.717, 1.165) is 31.4 Å². The fourth-order valence-electron chi connectivity index (χ4n) is 17.4. The number of aliphatic hydroxyl groups excluding tert-OH is 2. The summed E-state index contributed by atoms with van der Waals surface area (Å²) in [5.74, 6) is -19.2. The second-order valence-electron chi connectivity index (χ2n) is 34.3. The molecule has 3 aromatic carbocycles. The van der Waals surface area contributed by atoms with Crippen LogP contribution in [0.3, 0.4) is 0 Å². The normalized spacial score (nSPS) is 26.4. The summed E-state index contributed by atoms with van der Waals surface area (Å²) in [7, 11) is 2.71. The first-order chi connectivity index (χ1) is 64.6. The van der Waals surface area contributed by atoms with Gasteiger partial charge in [-0.3, -0.25) is 86.3 Å². The average Bonchev–Trinajstić information content (AvgIpc) is 1.60. The Hall–Kier alpha value is -13.8. The van der Waals surface area contributed by atoms with Gasteiger partial charge in [0, 0.05) is 137 Å². The highest BCUT2D eigenvalue weighted by atomic mass is 32.2. The first-order valence-electron chi connectivity index (χ1n) is 45.0. The predicted molar refractivity (Wildman–Crippen MR) is 487 cm³/mol. The Bertz CT molecular complexity index is 5340. The first-order valence-corrected chi connectivity index (χ1v) is 46.1. The van der Waals surface area contributed by atoms with Crippen LogP contribution in [0.2, 0.25) is 0 Å². The van der Waals surface area contributed by atoms with Crippen molar-refractivity contribution in [2.24, 2.45) is 11.5 Å². The molecule has 726 valence electrons. The van der Waals surface area contributed by atoms with Crippen LogP contribution in [0.15, 0.2) is 110 Å². The maximum absolute atomic E-state index is 15.8. The maximum atomic E-state index is 15.8. The van der Waals surface area contributed by atoms with E-state index in [4.69, 9.17) is 11.5 Å². The van der Waals surface area contributed by atoms with Crippen LogP contribution in [0.5, 0.6) is 5.75 Å². The van der Waals surface area contributed by atoms with E-state index in [1.54, 1.807) is 60.9 Å². The minimum Gasteiger partial charge on any atom is -0.508 e. The van der Waals surface area contributed by atoms with E-state index in [-0.39, 0.29) is 82.6 Å². The van der Waals surface area contributed by atoms with E-state index < -0.39 is 260 Å². The second kappa shape index (κ2) is 48.2. The van der Waals surface area contributed by atoms with Crippen molar-refractivity contribution in [1.82, 2.24) is 103 Å². The maximum Gasteiger partial charge on any atom is 0.305 e. The molecule has 135 heavy (non-hydrogen) atoms. The highest BCUT2D eigenvalue weighted by Gasteiger charge is 2.47. The molecule has 5 aliphatic rings. The molecular weight excluding hydrogens is 1770 g/mol. The van der Waals surface area contributed by atoms with Crippen LogP contribution in [-0.2, 0) is 112 Å². The number of fused-ring (bicyclic) bond motifs is 8. The van der Waals surface area contributed by atoms with Crippen molar-refractivity contribution in [3.8, 4) is 5.75 Å². The Kier molecular flexibility index (Phi) is 36.3. The molecule has 5 aliphatic heterocycles. The zero-order valence-electron chi connectivity index (χ0n) is 75.0. The number of nitrogens with two attached hydrogens (primary N) is 2. The molecule has 3 aromatic heterocycles. The Balaban J connectivity index is 0.944. The molecule has 17 amide bonds. The number of H-pyrrole nitrogens is 3. The third kappa shape index (κ3) is 27.5. The van der Waals surface area contributed by atoms with Gasteiger partial charge in [0.25, 0.3) is 0 Å². The first kappa shape index (κ1) is 102. The van der Waals surface area contributed by atoms with Gasteiger partial charge in [-0.05, 0) is 106 Å². The van der Waals surface area contributed by atoms with Gasteiger partial charge in [0.1, 0.15) is 90.3 Å². The molecule has 0 radical (unpaired) electrons. The number of aromatic nitrogens is 4. The van der Waals surface area contributed by atoms with Crippen molar-refractivity contribution in [3.63, 3.8) is 0 Å². The van der Waals surface area contributed by atoms with Crippen LogP contribution in [-0.4, -0.2) is 333 Å². The fraction of sp³-hybridized carbons (Fsp3) is 0.500. The van der Waals surface area contributed by atoms with Gasteiger partial charge in [-0.25, -0.2) is 4.98 Å². The SMILES string of the molecule is C[C@@H]1NC(=O)[C@@H]2CCCC/C=C\CCCC[C@@H](C(=O)N2C)N(C)C(=O)[C@H](Cc2c[nH]c3ccccc23)NC(=O)[C@H](CO)NC(=O)[C@H](Cc2c[nH]c3ccccc23)NC(=O)[C@@H]2C[C@@H](O)CN2C(=O)[C@H](CCC(N)=O)NC(=O)[C@H](Cc2cnc[nH]2)NC(=O)[C@@H]2CCCN2C(=O)[C@H](CC(=O)O)NC(=O)[C@@H]2CNCCN2C(=O)C(Cc2ccc(O)cc2)NC(=O)CSC[C@@H](C(=O)NCC(N)=O)NC1=O. The number of carbonyl (C=O) groups excluding carboxylic acids is 17. The molecule has 6 aromatic rings. The number of hydrogen-bond acceptors (Lipinski definition) is 24. The molecule has 15 atom stereocenters. The number of para-hydroxylation sites is 2. The number of allylic oxidation sites excluding steroid dienone is 2. The molecule has 0 saturated carbocycles. The van der Waals surface area contributed by atoms with Crippen LogP contribution in [0.1, 0.15) is 119 Å². The summed E-state index contributed by atoms with van der Waals surface area (Å²) in [6.45, 7) is -1.73. The van der Waals surface area contributed by atoms with Gasteiger partial charge in [-0.1, -0.05) is 73.5 Å². The van der Waals surface area contributed by atoms with Crippen LogP contribution >= 0.6 is 11.8 Å². The standard InChI is InChI=1S/C90H118N22O22S/c1-49-77(121)107-67(78(122)97-43-74(92)117)46-135-47-75(118)100-63(33-50-24-26-54(114)27-25-50)88(132)111-32-30-93-42-72(111)85(129)105-65(38-76(119)120)89(133)110-31-16-23-69(110)83(127)103-62(36-53-41-94-48-98-53)80(124)101-60(28-29-73(91)116)87(131)112-44-55(115)37-71(112)84(128)102-61(34-51-39-95-58-19-14-12-17-56(51)58)79(123)106-66(45-113)81(125)104-64(35-52-40-96-59-20-15-13-18-57(52)59)86(130)109(3)70-22-11-9-7-5-4-6-8-10-21-68(82(126)99-49)108(2)90(70)134/h4-5,12-15,17-20,24-27,39-41,48-49,55,60-72,93,95-96,113-115H,6-11,16,21-23,28-38,42-47H2,1-3H3,(H2,91,116)(H2,92,117)(H,94,98)(H,97,122)(H,99,126)(H,100,118)(H,101,124)(H,102,128)(H,103,127)(H,104,125)(H,105,129)(H,106,123)(H,107,121)(H,119,120)/b5-4-/t49-,55+,60-,61-,62-,63?,64-,65-,66-,67-,68-,69-,70-,71-,72-/m0/s1. The molecular formula is C90H118N22O22S. The summed E-state index contributed by atoms with van der Waals surface area (Å²) in [5, 5.41) is 73.5. The lowest BCUT2D eigenvalue weighted by Gasteiger charge is -2.38. The van der Waals surface area contributed by atoms with Gasteiger partial charge in [-0.2, -0.15) is 0 Å². The van der Waals surface area contributed by atoms with E-state index in [0.29, 0.717) is 77.0 Å². The summed E-state index contributed by atoms with van der Waals surface area (Å²) in [5.41, 5.74) is 13.9. The van der Waals surface area contributed by atoms with Gasteiger partial charge >= 0.3 is 5.97 Å². The Labute approximate surface area is 780 Å². The number of phenolic OH excluding ortho intramolecular Hbond substituents is 1. The number of amides is 17. The molecule has 2 bridgehead atoms. The minimum absolute atomic E-state index is 0.00359. The van der Waals surface area contributed by atoms with Gasteiger partial charge in [0.2, 0.25) is 100 Å². The number of primary amides is 2. The quantitative estimate of drug-likeness (QED) is 0.0386. The number of imidazole rings is 1. The molecule has 0 aliphatic carbocycles. The number of aromatic amines is 3. The number of benzene rings is 3. The van der Waals surface area contributed by atoms with E-state index in [1.165, 1.54) is 62.7 Å². The van der Waals surface area contributed by atoms with E-state index in [9.17, 15) is 68.4 Å². The van der Waals surface area contributed by atoms with Crippen LogP contribution < -0.4 is 70.0 Å². The number of piperazine rings is 1. The summed E-state index contributed by atoms with van der Waals surface area (Å²) in [4.78, 5) is 281. The number of nitrogens with zero attached hydrogens (tertiary/aromatic N) is 6. The summed E-state index contributed by atoms with van der Waals surface area (Å²) >= 11 is 0.775. The fourth-order valence-corrected chi connectivity index (χ4v) is 18.2. The Morgan fingerprint density at radius 2 is 1.07 bits per heavy atom. The lowest BCUT2D eigenvalue weighted by atomic mass is 9.99. The summed E-state index contributed by atoms with van der Waals surface area (Å²) < 4.78 is 0. The number of carboxylic acids is 1. The summed E-state index contributed by atoms with van der Waals surface area (Å²) in [6, 6.07) is -3.04. The van der Waals surface area contributed by atoms with Crippen molar-refractivity contribution in [2.75, 3.05) is 71.5 Å². The van der Waals surface area contributed by atoms with Gasteiger partial charge in [0.15, 0.2) is 0 Å². The average molecular weight is 1890 g/mol. The number of aromatic hydroxyl groups is 1. The molecule has 8 heterocycles. The topological polar surface area (TPSA) is 649 Å². The molecule has 44 nitrogen and oxygen atoms in total. The zero-order chi connectivity index (χ0) is 97.3. The monoisotopic (exact) mass is 1890 g/mol. The molecule has 45 heteroatoms. The van der Waals surface area contributed by atoms with Gasteiger partial charge in [0.05, 0.1) is 37.8 Å². The van der Waals surface area contributed by atoms with Crippen molar-refractivity contribution >= 4 is 140 Å². The number of likely N-dealkylation sites (N-methyl/N-ethyl adjacent to an activating group) is 2. The number of phenols is 1. The van der Waals surface area contributed by atoms with Crippen LogP contribution in [0.25, 0.3) is 21.8 Å². The molecule has 4 fully saturated rings. The number of aliphatic carboxylic acids is 1. The number of carbonyl (C=O) groups is 18. The van der Waals surface area contributed by atoms with E-state index in [2.05, 4.69) is 78.4 Å². The summed E-state index contributed by atoms with van der Waals surface area (Å²) in [6.07, 6.45) is 7.38. The predicted octanol–water partition coefficient (Wildman–Crippen LogP) is -4.09. The highest BCUT2D eigenvalue weighted by molar-refractivity contribution is 8.00. The molecule has 11 rings (SSSR count). The highest BCUT2D eigenvalue weighted by Crippen LogP contribution is 2.29. The van der Waals surface area contributed by atoms with Crippen LogP contribution in [0.4, 0.5) is 0 Å². The largest absolute Gasteiger partial charge is 0.508 e. The third-order valence-corrected chi connectivity index (χ3v) is 25.7. The second-order valence-corrected chi connectivity index (χ2v) is 35.4. The number of hydrogen-bond donors (Lipinski definition) is 20. The zero-order valence-corrected chi connectivity index (χ0v) is 75.8. The molecule has 22 N–H and O–H groups in total. The van der Waals surface area contributed by atoms with Crippen molar-refractivity contribution in [3.05, 3.63) is 132 Å². The van der Waals surface area contributed by atoms with E-state index in [1.807, 2.05) is 12.2 Å². The molecule has 1 unspecified atom stereocenters. The minimum atomic E-state index is -1.93. The number of aliphatic hydroxyl groups is 2. The van der Waals surface area contributed by atoms with Crippen molar-refractivity contribution in [1.29, 1.82) is 0 Å². The lowest BCUT2D eigenvalue weighted by molar-refractivity contribution is -0.149.